The van der Waals surface area contributed by atoms with Gasteiger partial charge in [0.2, 0.25) is 0 Å². The van der Waals surface area contributed by atoms with Crippen LogP contribution in [0.5, 0.6) is 0 Å². The highest BCUT2D eigenvalue weighted by Gasteiger charge is 2.35. The second kappa shape index (κ2) is 5.85. The summed E-state index contributed by atoms with van der Waals surface area (Å²) in [5.74, 6) is -0.209. The lowest BCUT2D eigenvalue weighted by Crippen LogP contribution is -2.33. The molecule has 1 rings (SSSR count). The first-order valence-corrected chi connectivity index (χ1v) is 7.01. The lowest BCUT2D eigenvalue weighted by Gasteiger charge is -2.23. The summed E-state index contributed by atoms with van der Waals surface area (Å²) in [6.07, 6.45) is 4.13. The van der Waals surface area contributed by atoms with Crippen molar-refractivity contribution in [2.45, 2.75) is 65.9 Å². The molecule has 1 saturated carbocycles. The average Bonchev–Trinajstić information content (AvgIpc) is 2.73. The summed E-state index contributed by atoms with van der Waals surface area (Å²) >= 11 is 0. The monoisotopic (exact) mass is 254 g/mol. The number of carbonyl (C=O) groups excluding carboxylic acids is 2. The van der Waals surface area contributed by atoms with Crippen LogP contribution in [0.15, 0.2) is 0 Å². The van der Waals surface area contributed by atoms with Gasteiger partial charge in [-0.2, -0.15) is 0 Å². The van der Waals surface area contributed by atoms with Crippen molar-refractivity contribution in [2.75, 3.05) is 0 Å². The van der Waals surface area contributed by atoms with Gasteiger partial charge in [-0.1, -0.05) is 13.3 Å². The predicted octanol–water partition coefficient (Wildman–Crippen LogP) is 3.36. The number of hydrogen-bond acceptors (Lipinski definition) is 3. The predicted molar refractivity (Wildman–Crippen MR) is 71.1 cm³/mol. The van der Waals surface area contributed by atoms with Crippen LogP contribution in [0.25, 0.3) is 0 Å². The minimum Gasteiger partial charge on any atom is -0.459 e. The van der Waals surface area contributed by atoms with E-state index in [0.717, 1.165) is 25.7 Å². The van der Waals surface area contributed by atoms with E-state index in [9.17, 15) is 9.59 Å². The number of Topliss-reactive ketones (excluding diaryl/α,β-unsaturated/α-hetero) is 1. The van der Waals surface area contributed by atoms with Crippen LogP contribution in [0.4, 0.5) is 0 Å². The summed E-state index contributed by atoms with van der Waals surface area (Å²) in [5, 5.41) is 0. The van der Waals surface area contributed by atoms with Crippen LogP contribution in [0.1, 0.15) is 60.3 Å². The maximum Gasteiger partial charge on any atom is 0.316 e. The molecule has 0 aromatic heterocycles. The number of ketones is 1. The van der Waals surface area contributed by atoms with Crippen molar-refractivity contribution in [1.82, 2.24) is 0 Å². The molecule has 1 aliphatic carbocycles. The maximum atomic E-state index is 12.2. The van der Waals surface area contributed by atoms with Crippen LogP contribution >= 0.6 is 0 Å². The van der Waals surface area contributed by atoms with E-state index in [-0.39, 0.29) is 17.7 Å². The summed E-state index contributed by atoms with van der Waals surface area (Å²) in [6, 6.07) is 0. The first-order chi connectivity index (χ1) is 8.24. The molecule has 3 nitrogen and oxygen atoms in total. The lowest BCUT2D eigenvalue weighted by atomic mass is 9.91. The molecule has 0 N–H and O–H groups in total. The summed E-state index contributed by atoms with van der Waals surface area (Å²) < 4.78 is 5.27. The van der Waals surface area contributed by atoms with E-state index >= 15 is 0 Å². The Kier molecular flexibility index (Phi) is 4.94. The summed E-state index contributed by atoms with van der Waals surface area (Å²) in [5.41, 5.74) is -0.521. The van der Waals surface area contributed by atoms with E-state index in [1.165, 1.54) is 0 Å². The van der Waals surface area contributed by atoms with Gasteiger partial charge in [0, 0.05) is 5.92 Å². The van der Waals surface area contributed by atoms with Crippen LogP contribution in [0, 0.1) is 17.8 Å². The molecule has 0 bridgehead atoms. The Labute approximate surface area is 110 Å². The van der Waals surface area contributed by atoms with E-state index in [2.05, 4.69) is 6.92 Å². The first kappa shape index (κ1) is 15.2. The second-order valence-corrected chi connectivity index (χ2v) is 6.44. The molecule has 18 heavy (non-hydrogen) atoms. The molecule has 0 saturated heterocycles. The van der Waals surface area contributed by atoms with Crippen molar-refractivity contribution in [3.05, 3.63) is 0 Å². The molecule has 1 aliphatic rings. The quantitative estimate of drug-likeness (QED) is 0.570. The molecular weight excluding hydrogens is 228 g/mol. The van der Waals surface area contributed by atoms with Gasteiger partial charge in [-0.05, 0) is 52.9 Å². The third-order valence-electron chi connectivity index (χ3n) is 3.71. The summed E-state index contributed by atoms with van der Waals surface area (Å²) in [6.45, 7) is 9.31. The minimum absolute atomic E-state index is 0.0671. The molecule has 0 radical (unpaired) electrons. The van der Waals surface area contributed by atoms with Crippen LogP contribution in [-0.4, -0.2) is 17.4 Å². The standard InChI is InChI=1S/C15H26O3/c1-6-11-7-8-12(9-11)13(16)10(2)14(17)18-15(3,4)5/h10-12H,6-9H2,1-5H3. The number of rotatable bonds is 4. The Morgan fingerprint density at radius 2 is 1.89 bits per heavy atom. The van der Waals surface area contributed by atoms with Gasteiger partial charge in [0.05, 0.1) is 0 Å². The topological polar surface area (TPSA) is 43.4 Å². The lowest BCUT2D eigenvalue weighted by molar-refractivity contribution is -0.162. The van der Waals surface area contributed by atoms with E-state index in [4.69, 9.17) is 4.74 Å². The Balaban J connectivity index is 2.54. The van der Waals surface area contributed by atoms with Crippen LogP contribution < -0.4 is 0 Å². The van der Waals surface area contributed by atoms with Crippen molar-refractivity contribution in [3.8, 4) is 0 Å². The van der Waals surface area contributed by atoms with Gasteiger partial charge in [-0.25, -0.2) is 0 Å². The molecule has 0 heterocycles. The van der Waals surface area contributed by atoms with Crippen molar-refractivity contribution < 1.29 is 14.3 Å². The van der Waals surface area contributed by atoms with Gasteiger partial charge in [-0.15, -0.1) is 0 Å². The SMILES string of the molecule is CCC1CCC(C(=O)C(C)C(=O)OC(C)(C)C)C1. The molecule has 0 aromatic rings. The highest BCUT2D eigenvalue weighted by atomic mass is 16.6. The highest BCUT2D eigenvalue weighted by molar-refractivity contribution is 5.99. The molecule has 0 spiro atoms. The van der Waals surface area contributed by atoms with Gasteiger partial charge >= 0.3 is 5.97 Å². The van der Waals surface area contributed by atoms with E-state index in [0.29, 0.717) is 5.92 Å². The maximum absolute atomic E-state index is 12.2. The first-order valence-electron chi connectivity index (χ1n) is 7.01. The Morgan fingerprint density at radius 1 is 1.28 bits per heavy atom. The van der Waals surface area contributed by atoms with Gasteiger partial charge in [-0.3, -0.25) is 9.59 Å². The van der Waals surface area contributed by atoms with Gasteiger partial charge in [0.15, 0.2) is 0 Å². The summed E-state index contributed by atoms with van der Waals surface area (Å²) in [7, 11) is 0. The normalized spacial score (nSPS) is 25.8. The van der Waals surface area contributed by atoms with Crippen LogP contribution in [-0.2, 0) is 14.3 Å². The molecule has 0 aromatic carbocycles. The third-order valence-corrected chi connectivity index (χ3v) is 3.71. The zero-order valence-corrected chi connectivity index (χ0v) is 12.3. The number of ether oxygens (including phenoxy) is 1. The summed E-state index contributed by atoms with van der Waals surface area (Å²) in [4.78, 5) is 24.1. The molecule has 1 fully saturated rings. The average molecular weight is 254 g/mol. The largest absolute Gasteiger partial charge is 0.459 e. The van der Waals surface area contributed by atoms with Crippen LogP contribution in [0.2, 0.25) is 0 Å². The number of carbonyl (C=O) groups is 2. The second-order valence-electron chi connectivity index (χ2n) is 6.44. The zero-order chi connectivity index (χ0) is 13.9. The number of esters is 1. The highest BCUT2D eigenvalue weighted by Crippen LogP contribution is 2.35. The molecule has 3 atom stereocenters. The Hall–Kier alpha value is -0.860. The zero-order valence-electron chi connectivity index (χ0n) is 12.3. The third kappa shape index (κ3) is 4.11. The van der Waals surface area contributed by atoms with Crippen molar-refractivity contribution >= 4 is 11.8 Å². The fourth-order valence-electron chi connectivity index (χ4n) is 2.56. The van der Waals surface area contributed by atoms with Crippen molar-refractivity contribution in [2.24, 2.45) is 17.8 Å². The van der Waals surface area contributed by atoms with Gasteiger partial charge in [0.1, 0.15) is 17.3 Å². The van der Waals surface area contributed by atoms with E-state index in [1.807, 2.05) is 20.8 Å². The van der Waals surface area contributed by atoms with Gasteiger partial charge < -0.3 is 4.74 Å². The van der Waals surface area contributed by atoms with E-state index < -0.39 is 11.5 Å². The van der Waals surface area contributed by atoms with Crippen molar-refractivity contribution in [1.29, 1.82) is 0 Å². The van der Waals surface area contributed by atoms with Gasteiger partial charge in [0.25, 0.3) is 0 Å². The Morgan fingerprint density at radius 3 is 2.33 bits per heavy atom. The fourth-order valence-corrected chi connectivity index (χ4v) is 2.56. The fraction of sp³-hybridized carbons (Fsp3) is 0.867. The smallest absolute Gasteiger partial charge is 0.316 e. The van der Waals surface area contributed by atoms with Crippen molar-refractivity contribution in [3.63, 3.8) is 0 Å². The molecular formula is C15H26O3. The van der Waals surface area contributed by atoms with Crippen LogP contribution in [0.3, 0.4) is 0 Å². The molecule has 3 unspecified atom stereocenters. The Bertz CT molecular complexity index is 314. The number of hydrogen-bond donors (Lipinski definition) is 0. The van der Waals surface area contributed by atoms with E-state index in [1.54, 1.807) is 6.92 Å². The molecule has 3 heteroatoms. The minimum atomic E-state index is -0.621. The molecule has 104 valence electrons. The molecule has 0 amide bonds. The molecule has 0 aliphatic heterocycles.